The molecule has 0 bridgehead atoms. The van der Waals surface area contributed by atoms with Gasteiger partial charge in [0.1, 0.15) is 0 Å². The van der Waals surface area contributed by atoms with Crippen LogP contribution in [0.3, 0.4) is 0 Å². The number of methoxy groups -OCH3 is 1. The van der Waals surface area contributed by atoms with E-state index in [0.717, 1.165) is 5.56 Å². The molecule has 0 aliphatic heterocycles. The summed E-state index contributed by atoms with van der Waals surface area (Å²) in [4.78, 5) is 22.8. The Balaban J connectivity index is 2.50. The summed E-state index contributed by atoms with van der Waals surface area (Å²) in [5.41, 5.74) is 1.14. The minimum Gasteiger partial charge on any atom is -0.465 e. The molecule has 0 aliphatic rings. The number of hydrogen-bond acceptors (Lipinski definition) is 3. The predicted octanol–water partition coefficient (Wildman–Crippen LogP) is 2.07. The van der Waals surface area contributed by atoms with Gasteiger partial charge in [0.2, 0.25) is 0 Å². The zero-order valence-corrected chi connectivity index (χ0v) is 11.7. The van der Waals surface area contributed by atoms with Crippen LogP contribution in [0.2, 0.25) is 0 Å². The second kappa shape index (κ2) is 6.22. The Morgan fingerprint density at radius 3 is 2.21 bits per heavy atom. The van der Waals surface area contributed by atoms with Crippen molar-refractivity contribution in [1.29, 1.82) is 0 Å². The molecule has 0 aromatic heterocycles. The fourth-order valence-corrected chi connectivity index (χ4v) is 1.44. The zero-order valence-electron chi connectivity index (χ0n) is 11.7. The highest BCUT2D eigenvalue weighted by Gasteiger charge is 2.13. The van der Waals surface area contributed by atoms with Gasteiger partial charge in [-0.25, -0.2) is 9.59 Å². The van der Waals surface area contributed by atoms with Crippen LogP contribution < -0.4 is 10.6 Å². The highest BCUT2D eigenvalue weighted by Crippen LogP contribution is 2.05. The zero-order chi connectivity index (χ0) is 14.5. The molecule has 1 rings (SSSR count). The molecule has 0 spiro atoms. The van der Waals surface area contributed by atoms with Crippen molar-refractivity contribution >= 4 is 12.0 Å². The summed E-state index contributed by atoms with van der Waals surface area (Å²) in [6.07, 6.45) is 0. The average Bonchev–Trinajstić information content (AvgIpc) is 2.34. The third-order valence-corrected chi connectivity index (χ3v) is 2.32. The maximum Gasteiger partial charge on any atom is 0.337 e. The summed E-state index contributed by atoms with van der Waals surface area (Å²) in [6.45, 7) is 6.15. The van der Waals surface area contributed by atoms with Crippen molar-refractivity contribution in [3.63, 3.8) is 0 Å². The van der Waals surface area contributed by atoms with Gasteiger partial charge in [-0.3, -0.25) is 0 Å². The molecule has 0 aliphatic carbocycles. The lowest BCUT2D eigenvalue weighted by Crippen LogP contribution is -2.46. The van der Waals surface area contributed by atoms with Gasteiger partial charge in [0.05, 0.1) is 12.7 Å². The number of carbonyl (C=O) groups is 2. The number of esters is 1. The molecule has 0 fully saturated rings. The third-order valence-electron chi connectivity index (χ3n) is 2.32. The highest BCUT2D eigenvalue weighted by molar-refractivity contribution is 5.89. The van der Waals surface area contributed by atoms with E-state index in [9.17, 15) is 9.59 Å². The summed E-state index contributed by atoms with van der Waals surface area (Å²) in [5, 5.41) is 5.56. The van der Waals surface area contributed by atoms with Gasteiger partial charge in [0, 0.05) is 12.1 Å². The number of ether oxygens (including phenoxy) is 1. The molecular weight excluding hydrogens is 244 g/mol. The van der Waals surface area contributed by atoms with Gasteiger partial charge in [-0.05, 0) is 38.5 Å². The monoisotopic (exact) mass is 264 g/mol. The van der Waals surface area contributed by atoms with Crippen molar-refractivity contribution in [3.05, 3.63) is 35.4 Å². The number of amides is 2. The Morgan fingerprint density at radius 1 is 1.16 bits per heavy atom. The molecule has 2 N–H and O–H groups in total. The van der Waals surface area contributed by atoms with Crippen molar-refractivity contribution < 1.29 is 14.3 Å². The maximum absolute atomic E-state index is 11.6. The smallest absolute Gasteiger partial charge is 0.337 e. The lowest BCUT2D eigenvalue weighted by molar-refractivity contribution is 0.0600. The van der Waals surface area contributed by atoms with E-state index in [0.29, 0.717) is 12.1 Å². The van der Waals surface area contributed by atoms with Crippen LogP contribution in [-0.4, -0.2) is 24.6 Å². The summed E-state index contributed by atoms with van der Waals surface area (Å²) in [7, 11) is 1.34. The first-order valence-corrected chi connectivity index (χ1v) is 6.05. The molecule has 1 aromatic carbocycles. The van der Waals surface area contributed by atoms with E-state index in [2.05, 4.69) is 15.4 Å². The van der Waals surface area contributed by atoms with Crippen molar-refractivity contribution in [2.75, 3.05) is 7.11 Å². The van der Waals surface area contributed by atoms with Crippen LogP contribution >= 0.6 is 0 Å². The number of hydrogen-bond donors (Lipinski definition) is 2. The molecular formula is C14H20N2O3. The molecule has 19 heavy (non-hydrogen) atoms. The maximum atomic E-state index is 11.6. The standard InChI is InChI=1S/C14H20N2O3/c1-14(2,3)16-13(18)15-9-10-5-7-11(8-6-10)12(17)19-4/h5-8H,9H2,1-4H3,(H2,15,16,18). The Labute approximate surface area is 113 Å². The Bertz CT molecular complexity index is 447. The molecule has 0 saturated carbocycles. The van der Waals surface area contributed by atoms with Crippen LogP contribution in [-0.2, 0) is 11.3 Å². The van der Waals surface area contributed by atoms with Gasteiger partial charge in [0.15, 0.2) is 0 Å². The minimum atomic E-state index is -0.370. The van der Waals surface area contributed by atoms with Gasteiger partial charge < -0.3 is 15.4 Å². The quantitative estimate of drug-likeness (QED) is 0.821. The fourth-order valence-electron chi connectivity index (χ4n) is 1.44. The SMILES string of the molecule is COC(=O)c1ccc(CNC(=O)NC(C)(C)C)cc1. The minimum absolute atomic E-state index is 0.218. The molecule has 5 nitrogen and oxygen atoms in total. The molecule has 0 unspecified atom stereocenters. The first kappa shape index (κ1) is 15.0. The molecule has 1 aromatic rings. The van der Waals surface area contributed by atoms with Gasteiger partial charge in [-0.2, -0.15) is 0 Å². The number of nitrogens with one attached hydrogen (secondary N) is 2. The first-order valence-electron chi connectivity index (χ1n) is 6.05. The van der Waals surface area contributed by atoms with Crippen LogP contribution in [0.25, 0.3) is 0 Å². The van der Waals surface area contributed by atoms with Crippen LogP contribution in [0.4, 0.5) is 4.79 Å². The van der Waals surface area contributed by atoms with Crippen LogP contribution in [0, 0.1) is 0 Å². The van der Waals surface area contributed by atoms with Crippen LogP contribution in [0.1, 0.15) is 36.7 Å². The van der Waals surface area contributed by atoms with Crippen molar-refractivity contribution in [2.24, 2.45) is 0 Å². The fraction of sp³-hybridized carbons (Fsp3) is 0.429. The number of rotatable bonds is 3. The molecule has 0 saturated heterocycles. The van der Waals surface area contributed by atoms with Crippen LogP contribution in [0.5, 0.6) is 0 Å². The first-order chi connectivity index (χ1) is 8.81. The Morgan fingerprint density at radius 2 is 1.74 bits per heavy atom. The number of urea groups is 1. The summed E-state index contributed by atoms with van der Waals surface area (Å²) < 4.78 is 4.61. The Hall–Kier alpha value is -2.04. The molecule has 0 atom stereocenters. The lowest BCUT2D eigenvalue weighted by Gasteiger charge is -2.20. The normalized spacial score (nSPS) is 10.7. The molecule has 5 heteroatoms. The van der Waals surface area contributed by atoms with E-state index in [1.54, 1.807) is 24.3 Å². The van der Waals surface area contributed by atoms with E-state index < -0.39 is 0 Å². The largest absolute Gasteiger partial charge is 0.465 e. The topological polar surface area (TPSA) is 67.4 Å². The van der Waals surface area contributed by atoms with E-state index in [1.807, 2.05) is 20.8 Å². The number of carbonyl (C=O) groups excluding carboxylic acids is 2. The second-order valence-corrected chi connectivity index (χ2v) is 5.25. The summed E-state index contributed by atoms with van der Waals surface area (Å²) in [5.74, 6) is -0.370. The summed E-state index contributed by atoms with van der Waals surface area (Å²) in [6, 6.07) is 6.69. The van der Waals surface area contributed by atoms with E-state index in [1.165, 1.54) is 7.11 Å². The van der Waals surface area contributed by atoms with Gasteiger partial charge in [-0.15, -0.1) is 0 Å². The molecule has 104 valence electrons. The summed E-state index contributed by atoms with van der Waals surface area (Å²) >= 11 is 0. The van der Waals surface area contributed by atoms with Gasteiger partial charge >= 0.3 is 12.0 Å². The second-order valence-electron chi connectivity index (χ2n) is 5.25. The molecule has 0 radical (unpaired) electrons. The van der Waals surface area contributed by atoms with E-state index in [4.69, 9.17) is 0 Å². The predicted molar refractivity (Wildman–Crippen MR) is 72.9 cm³/mol. The lowest BCUT2D eigenvalue weighted by atomic mass is 10.1. The molecule has 2 amide bonds. The van der Waals surface area contributed by atoms with E-state index in [-0.39, 0.29) is 17.5 Å². The van der Waals surface area contributed by atoms with Crippen molar-refractivity contribution in [3.8, 4) is 0 Å². The third kappa shape index (κ3) is 5.42. The van der Waals surface area contributed by atoms with Crippen LogP contribution in [0.15, 0.2) is 24.3 Å². The van der Waals surface area contributed by atoms with Gasteiger partial charge in [-0.1, -0.05) is 12.1 Å². The molecule has 0 heterocycles. The number of benzene rings is 1. The highest BCUT2D eigenvalue weighted by atomic mass is 16.5. The van der Waals surface area contributed by atoms with E-state index >= 15 is 0 Å². The average molecular weight is 264 g/mol. The van der Waals surface area contributed by atoms with Gasteiger partial charge in [0.25, 0.3) is 0 Å². The Kier molecular flexibility index (Phi) is 4.92. The van der Waals surface area contributed by atoms with Crippen molar-refractivity contribution in [2.45, 2.75) is 32.9 Å². The van der Waals surface area contributed by atoms with Crippen molar-refractivity contribution in [1.82, 2.24) is 10.6 Å².